The second-order valence-corrected chi connectivity index (χ2v) is 5.14. The van der Waals surface area contributed by atoms with E-state index in [2.05, 4.69) is 4.98 Å². The van der Waals surface area contributed by atoms with Crippen molar-refractivity contribution < 1.29 is 5.11 Å². The summed E-state index contributed by atoms with van der Waals surface area (Å²) in [6, 6.07) is 1.85. The first kappa shape index (κ1) is 10.1. The number of hydrogen-bond donors (Lipinski definition) is 1. The molecule has 1 unspecified atom stereocenters. The Hall–Kier alpha value is -0.420. The van der Waals surface area contributed by atoms with Gasteiger partial charge >= 0.3 is 0 Å². The third-order valence-corrected chi connectivity index (χ3v) is 4.14. The molecule has 1 atom stereocenters. The smallest absolute Gasteiger partial charge is 0.0946 e. The van der Waals surface area contributed by atoms with E-state index in [1.807, 2.05) is 11.4 Å². The van der Waals surface area contributed by atoms with Crippen LogP contribution in [0, 0.1) is 0 Å². The fourth-order valence-corrected chi connectivity index (χ4v) is 2.89. The van der Waals surface area contributed by atoms with Gasteiger partial charge in [0.2, 0.25) is 0 Å². The van der Waals surface area contributed by atoms with Crippen LogP contribution in [0.3, 0.4) is 0 Å². The van der Waals surface area contributed by atoms with Crippen molar-refractivity contribution in [3.8, 4) is 0 Å². The summed E-state index contributed by atoms with van der Waals surface area (Å²) in [5.41, 5.74) is 1.72. The van der Waals surface area contributed by atoms with Crippen molar-refractivity contribution in [2.24, 2.45) is 0 Å². The van der Waals surface area contributed by atoms with E-state index in [0.717, 1.165) is 14.8 Å². The fourth-order valence-electron chi connectivity index (χ4n) is 1.14. The number of rotatable bonds is 3. The minimum Gasteiger partial charge on any atom is -0.387 e. The molecule has 0 saturated heterocycles. The number of aliphatic hydroxyl groups excluding tert-OH is 1. The maximum atomic E-state index is 9.82. The first-order valence-electron chi connectivity index (χ1n) is 4.05. The lowest BCUT2D eigenvalue weighted by molar-refractivity contribution is 0.183. The number of halogens is 1. The Balaban J connectivity index is 2.09. The first-order valence-corrected chi connectivity index (χ1v) is 6.19. The van der Waals surface area contributed by atoms with E-state index in [0.29, 0.717) is 6.42 Å². The van der Waals surface area contributed by atoms with E-state index in [1.54, 1.807) is 23.0 Å². The van der Waals surface area contributed by atoms with E-state index in [-0.39, 0.29) is 0 Å². The molecule has 0 fully saturated rings. The third kappa shape index (κ3) is 2.15. The zero-order valence-corrected chi connectivity index (χ0v) is 9.57. The van der Waals surface area contributed by atoms with Crippen molar-refractivity contribution >= 4 is 34.3 Å². The number of aliphatic hydroxyl groups is 1. The largest absolute Gasteiger partial charge is 0.387 e. The van der Waals surface area contributed by atoms with Gasteiger partial charge in [0.05, 0.1) is 21.5 Å². The lowest BCUT2D eigenvalue weighted by atomic mass is 10.2. The highest BCUT2D eigenvalue weighted by molar-refractivity contribution is 7.10. The highest BCUT2D eigenvalue weighted by Gasteiger charge is 2.12. The predicted octanol–water partition coefficient (Wildman–Crippen LogP) is 3.13. The maximum Gasteiger partial charge on any atom is 0.0946 e. The molecule has 0 spiro atoms. The average molecular weight is 246 g/mol. The van der Waals surface area contributed by atoms with Crippen LogP contribution in [0.5, 0.6) is 0 Å². The van der Waals surface area contributed by atoms with Crippen molar-refractivity contribution in [1.29, 1.82) is 0 Å². The molecule has 0 aliphatic carbocycles. The van der Waals surface area contributed by atoms with Crippen LogP contribution in [0.15, 0.2) is 23.2 Å². The molecule has 2 aromatic heterocycles. The van der Waals surface area contributed by atoms with Gasteiger partial charge in [-0.15, -0.1) is 22.7 Å². The Bertz CT molecular complexity index is 399. The summed E-state index contributed by atoms with van der Waals surface area (Å²) in [5, 5.41) is 12.5. The van der Waals surface area contributed by atoms with Crippen molar-refractivity contribution in [2.45, 2.75) is 12.5 Å². The van der Waals surface area contributed by atoms with Gasteiger partial charge in [-0.05, 0) is 11.4 Å². The monoisotopic (exact) mass is 245 g/mol. The van der Waals surface area contributed by atoms with Crippen LogP contribution in [-0.2, 0) is 6.42 Å². The zero-order valence-electron chi connectivity index (χ0n) is 7.18. The lowest BCUT2D eigenvalue weighted by Crippen LogP contribution is -1.97. The summed E-state index contributed by atoms with van der Waals surface area (Å²) in [5.74, 6) is 0. The Labute approximate surface area is 94.8 Å². The van der Waals surface area contributed by atoms with Gasteiger partial charge in [-0.25, -0.2) is 0 Å². The molecule has 0 bridgehead atoms. The number of hydrogen-bond acceptors (Lipinski definition) is 4. The molecular formula is C9H8ClNOS2. The first-order chi connectivity index (χ1) is 6.77. The molecule has 0 aliphatic rings. The Morgan fingerprint density at radius 3 is 2.93 bits per heavy atom. The van der Waals surface area contributed by atoms with Crippen LogP contribution in [0.25, 0.3) is 0 Å². The van der Waals surface area contributed by atoms with Crippen LogP contribution < -0.4 is 0 Å². The lowest BCUT2D eigenvalue weighted by Gasteiger charge is -2.05. The van der Waals surface area contributed by atoms with Crippen LogP contribution >= 0.6 is 34.3 Å². The van der Waals surface area contributed by atoms with E-state index >= 15 is 0 Å². The molecule has 2 nitrogen and oxygen atoms in total. The number of nitrogens with zero attached hydrogens (tertiary/aromatic N) is 1. The molecule has 0 amide bonds. The van der Waals surface area contributed by atoms with E-state index in [9.17, 15) is 5.11 Å². The summed E-state index contributed by atoms with van der Waals surface area (Å²) in [4.78, 5) is 5.83. The molecule has 0 saturated carbocycles. The van der Waals surface area contributed by atoms with Crippen molar-refractivity contribution in [2.75, 3.05) is 0 Å². The van der Waals surface area contributed by atoms with Crippen molar-refractivity contribution in [3.63, 3.8) is 0 Å². The molecular weight excluding hydrogens is 238 g/mol. The molecule has 2 rings (SSSR count). The van der Waals surface area contributed by atoms with Gasteiger partial charge in [0.1, 0.15) is 0 Å². The second-order valence-electron chi connectivity index (χ2n) is 2.82. The summed E-state index contributed by atoms with van der Waals surface area (Å²) >= 11 is 8.96. The molecule has 0 aliphatic heterocycles. The van der Waals surface area contributed by atoms with Gasteiger partial charge in [0.15, 0.2) is 0 Å². The van der Waals surface area contributed by atoms with Gasteiger partial charge in [-0.1, -0.05) is 11.6 Å². The molecule has 0 radical (unpaired) electrons. The SMILES string of the molecule is OC(Cc1sccc1Cl)c1cncs1. The molecule has 0 aromatic carbocycles. The van der Waals surface area contributed by atoms with Crippen LogP contribution in [0.2, 0.25) is 5.02 Å². The van der Waals surface area contributed by atoms with Gasteiger partial charge < -0.3 is 5.11 Å². The average Bonchev–Trinajstić information content (AvgIpc) is 2.77. The van der Waals surface area contributed by atoms with Gasteiger partial charge in [-0.3, -0.25) is 4.98 Å². The van der Waals surface area contributed by atoms with Gasteiger partial charge in [0, 0.05) is 17.5 Å². The highest BCUT2D eigenvalue weighted by atomic mass is 35.5. The number of thiophene rings is 1. The Kier molecular flexibility index (Phi) is 3.18. The quantitative estimate of drug-likeness (QED) is 0.901. The molecule has 2 heterocycles. The topological polar surface area (TPSA) is 33.1 Å². The molecule has 74 valence electrons. The maximum absolute atomic E-state index is 9.82. The predicted molar refractivity (Wildman–Crippen MR) is 60.1 cm³/mol. The normalized spacial score (nSPS) is 13.0. The highest BCUT2D eigenvalue weighted by Crippen LogP contribution is 2.28. The summed E-state index contributed by atoms with van der Waals surface area (Å²) in [6.45, 7) is 0. The minimum absolute atomic E-state index is 0.487. The Morgan fingerprint density at radius 2 is 2.36 bits per heavy atom. The van der Waals surface area contributed by atoms with Crippen LogP contribution in [0.1, 0.15) is 15.9 Å². The van der Waals surface area contributed by atoms with Crippen molar-refractivity contribution in [3.05, 3.63) is 37.9 Å². The summed E-state index contributed by atoms with van der Waals surface area (Å²) in [7, 11) is 0. The van der Waals surface area contributed by atoms with Gasteiger partial charge in [0.25, 0.3) is 0 Å². The van der Waals surface area contributed by atoms with Crippen molar-refractivity contribution in [1.82, 2.24) is 4.98 Å². The third-order valence-electron chi connectivity index (χ3n) is 1.85. The number of aromatic nitrogens is 1. The van der Waals surface area contributed by atoms with E-state index in [4.69, 9.17) is 11.6 Å². The fraction of sp³-hybridized carbons (Fsp3) is 0.222. The Morgan fingerprint density at radius 1 is 1.50 bits per heavy atom. The zero-order chi connectivity index (χ0) is 9.97. The van der Waals surface area contributed by atoms with Gasteiger partial charge in [-0.2, -0.15) is 0 Å². The number of thiazole rings is 1. The van der Waals surface area contributed by atoms with Crippen LogP contribution in [-0.4, -0.2) is 10.1 Å². The van der Waals surface area contributed by atoms with Crippen LogP contribution in [0.4, 0.5) is 0 Å². The summed E-state index contributed by atoms with van der Waals surface area (Å²) in [6.07, 6.45) is 1.77. The van der Waals surface area contributed by atoms with E-state index < -0.39 is 6.10 Å². The molecule has 2 aromatic rings. The van der Waals surface area contributed by atoms with E-state index in [1.165, 1.54) is 11.3 Å². The minimum atomic E-state index is -0.487. The molecule has 5 heteroatoms. The summed E-state index contributed by atoms with van der Waals surface area (Å²) < 4.78 is 0. The second kappa shape index (κ2) is 4.40. The standard InChI is InChI=1S/C9H8ClNOS2/c10-6-1-2-13-8(6)3-7(12)9-4-11-5-14-9/h1-2,4-5,7,12H,3H2. The molecule has 14 heavy (non-hydrogen) atoms. The molecule has 1 N–H and O–H groups in total.